The Kier molecular flexibility index (Phi) is 6.46. The Labute approximate surface area is 126 Å². The molecule has 2 atom stereocenters. The zero-order valence-corrected chi connectivity index (χ0v) is 13.0. The summed E-state index contributed by atoms with van der Waals surface area (Å²) in [5.41, 5.74) is 0.951. The van der Waals surface area contributed by atoms with Gasteiger partial charge in [-0.2, -0.15) is 0 Å². The lowest BCUT2D eigenvalue weighted by molar-refractivity contribution is 0.0897. The summed E-state index contributed by atoms with van der Waals surface area (Å²) in [7, 11) is 0. The van der Waals surface area contributed by atoms with Gasteiger partial charge in [-0.15, -0.1) is 0 Å². The fraction of sp³-hybridized carbons (Fsp3) is 0.647. The Morgan fingerprint density at radius 2 is 2.33 bits per heavy atom. The molecule has 4 heteroatoms. The molecule has 118 valence electrons. The van der Waals surface area contributed by atoms with Crippen LogP contribution in [0.2, 0.25) is 0 Å². The molecule has 0 radical (unpaired) electrons. The molecule has 1 fully saturated rings. The summed E-state index contributed by atoms with van der Waals surface area (Å²) in [6.07, 6.45) is 4.39. The van der Waals surface area contributed by atoms with Gasteiger partial charge >= 0.3 is 0 Å². The zero-order chi connectivity index (χ0) is 15.1. The standard InChI is InChI=1S/C17H26FNO2/c1-3-9-19-13(2)14-6-7-17(16(18)12-14)21-11-8-15-5-4-10-20-15/h6-7,12-13,15,19H,3-5,8-11H2,1-2H3. The van der Waals surface area contributed by atoms with Crippen LogP contribution in [0.15, 0.2) is 18.2 Å². The van der Waals surface area contributed by atoms with Crippen molar-refractivity contribution >= 4 is 0 Å². The number of benzene rings is 1. The minimum atomic E-state index is -0.287. The first-order valence-electron chi connectivity index (χ1n) is 7.98. The summed E-state index contributed by atoms with van der Waals surface area (Å²) >= 11 is 0. The fourth-order valence-corrected chi connectivity index (χ4v) is 2.55. The molecule has 0 aliphatic carbocycles. The third-order valence-corrected chi connectivity index (χ3v) is 3.88. The lowest BCUT2D eigenvalue weighted by Gasteiger charge is -2.15. The second-order valence-corrected chi connectivity index (χ2v) is 5.64. The van der Waals surface area contributed by atoms with Gasteiger partial charge < -0.3 is 14.8 Å². The predicted molar refractivity (Wildman–Crippen MR) is 82.2 cm³/mol. The monoisotopic (exact) mass is 295 g/mol. The van der Waals surface area contributed by atoms with Crippen LogP contribution < -0.4 is 10.1 Å². The Morgan fingerprint density at radius 3 is 3.00 bits per heavy atom. The molecule has 0 spiro atoms. The highest BCUT2D eigenvalue weighted by molar-refractivity contribution is 5.30. The van der Waals surface area contributed by atoms with Gasteiger partial charge in [0.15, 0.2) is 11.6 Å². The largest absolute Gasteiger partial charge is 0.490 e. The molecule has 0 saturated carbocycles. The molecule has 0 bridgehead atoms. The molecule has 1 aliphatic rings. The van der Waals surface area contributed by atoms with Crippen LogP contribution in [0.3, 0.4) is 0 Å². The summed E-state index contributed by atoms with van der Waals surface area (Å²) in [6.45, 7) is 6.44. The Bertz CT molecular complexity index is 433. The van der Waals surface area contributed by atoms with Crippen LogP contribution in [0.1, 0.15) is 51.1 Å². The molecule has 0 aromatic heterocycles. The predicted octanol–water partition coefficient (Wildman–Crippen LogP) is 3.83. The van der Waals surface area contributed by atoms with E-state index >= 15 is 0 Å². The molecule has 1 aromatic carbocycles. The van der Waals surface area contributed by atoms with Gasteiger partial charge in [0.05, 0.1) is 12.7 Å². The van der Waals surface area contributed by atoms with Crippen molar-refractivity contribution < 1.29 is 13.9 Å². The van der Waals surface area contributed by atoms with Crippen molar-refractivity contribution in [1.29, 1.82) is 0 Å². The van der Waals surface area contributed by atoms with E-state index in [0.29, 0.717) is 12.4 Å². The Morgan fingerprint density at radius 1 is 1.48 bits per heavy atom. The number of halogens is 1. The van der Waals surface area contributed by atoms with Crippen LogP contribution in [0.25, 0.3) is 0 Å². The molecular formula is C17H26FNO2. The molecule has 0 amide bonds. The summed E-state index contributed by atoms with van der Waals surface area (Å²) in [4.78, 5) is 0. The second-order valence-electron chi connectivity index (χ2n) is 5.64. The minimum absolute atomic E-state index is 0.153. The molecule has 2 rings (SSSR count). The van der Waals surface area contributed by atoms with Gasteiger partial charge in [0.1, 0.15) is 0 Å². The molecule has 1 aromatic rings. The van der Waals surface area contributed by atoms with Crippen molar-refractivity contribution in [3.63, 3.8) is 0 Å². The molecule has 1 saturated heterocycles. The highest BCUT2D eigenvalue weighted by atomic mass is 19.1. The molecule has 1 heterocycles. The third kappa shape index (κ3) is 4.97. The first-order valence-corrected chi connectivity index (χ1v) is 7.98. The van der Waals surface area contributed by atoms with E-state index in [1.807, 2.05) is 13.0 Å². The first-order chi connectivity index (χ1) is 10.2. The van der Waals surface area contributed by atoms with Crippen LogP contribution in [0, 0.1) is 5.82 Å². The number of hydrogen-bond donors (Lipinski definition) is 1. The first kappa shape index (κ1) is 16.2. The van der Waals surface area contributed by atoms with E-state index < -0.39 is 0 Å². The van der Waals surface area contributed by atoms with Crippen molar-refractivity contribution in [2.75, 3.05) is 19.8 Å². The maximum absolute atomic E-state index is 14.0. The lowest BCUT2D eigenvalue weighted by atomic mass is 10.1. The van der Waals surface area contributed by atoms with Crippen LogP contribution >= 0.6 is 0 Å². The molecule has 2 unspecified atom stereocenters. The highest BCUT2D eigenvalue weighted by Gasteiger charge is 2.16. The van der Waals surface area contributed by atoms with Crippen molar-refractivity contribution in [2.45, 2.75) is 51.7 Å². The van der Waals surface area contributed by atoms with E-state index in [1.165, 1.54) is 0 Å². The minimum Gasteiger partial charge on any atom is -0.490 e. The van der Waals surface area contributed by atoms with E-state index in [0.717, 1.165) is 44.4 Å². The number of ether oxygens (including phenoxy) is 2. The van der Waals surface area contributed by atoms with Gasteiger partial charge in [-0.05, 0) is 50.4 Å². The maximum atomic E-state index is 14.0. The van der Waals surface area contributed by atoms with Gasteiger partial charge in [0.2, 0.25) is 0 Å². The summed E-state index contributed by atoms with van der Waals surface area (Å²) < 4.78 is 25.1. The van der Waals surface area contributed by atoms with Crippen LogP contribution in [-0.2, 0) is 4.74 Å². The zero-order valence-electron chi connectivity index (χ0n) is 13.0. The van der Waals surface area contributed by atoms with Gasteiger partial charge in [-0.1, -0.05) is 13.0 Å². The SMILES string of the molecule is CCCNC(C)c1ccc(OCCC2CCCO2)c(F)c1. The molecule has 21 heavy (non-hydrogen) atoms. The fourth-order valence-electron chi connectivity index (χ4n) is 2.55. The van der Waals surface area contributed by atoms with Gasteiger partial charge in [-0.3, -0.25) is 0 Å². The van der Waals surface area contributed by atoms with Crippen LogP contribution in [0.4, 0.5) is 4.39 Å². The van der Waals surface area contributed by atoms with Crippen molar-refractivity contribution in [1.82, 2.24) is 5.32 Å². The van der Waals surface area contributed by atoms with Crippen molar-refractivity contribution in [3.8, 4) is 5.75 Å². The van der Waals surface area contributed by atoms with Crippen LogP contribution in [0.5, 0.6) is 5.75 Å². The van der Waals surface area contributed by atoms with Gasteiger partial charge in [0, 0.05) is 19.1 Å². The number of nitrogens with one attached hydrogen (secondary N) is 1. The Hall–Kier alpha value is -1.13. The van der Waals surface area contributed by atoms with Gasteiger partial charge in [0.25, 0.3) is 0 Å². The molecular weight excluding hydrogens is 269 g/mol. The van der Waals surface area contributed by atoms with E-state index in [-0.39, 0.29) is 18.0 Å². The summed E-state index contributed by atoms with van der Waals surface area (Å²) in [6, 6.07) is 5.37. The lowest BCUT2D eigenvalue weighted by Crippen LogP contribution is -2.19. The molecule has 1 N–H and O–H groups in total. The summed E-state index contributed by atoms with van der Waals surface area (Å²) in [5, 5.41) is 3.35. The normalized spacial score (nSPS) is 19.7. The van der Waals surface area contributed by atoms with Crippen LogP contribution in [-0.4, -0.2) is 25.9 Å². The van der Waals surface area contributed by atoms with E-state index in [2.05, 4.69) is 12.2 Å². The number of hydrogen-bond acceptors (Lipinski definition) is 3. The average Bonchev–Trinajstić information content (AvgIpc) is 2.99. The van der Waals surface area contributed by atoms with E-state index in [4.69, 9.17) is 9.47 Å². The van der Waals surface area contributed by atoms with E-state index in [1.54, 1.807) is 12.1 Å². The smallest absolute Gasteiger partial charge is 0.165 e. The topological polar surface area (TPSA) is 30.5 Å². The number of rotatable bonds is 8. The molecule has 1 aliphatic heterocycles. The quantitative estimate of drug-likeness (QED) is 0.790. The molecule has 3 nitrogen and oxygen atoms in total. The average molecular weight is 295 g/mol. The van der Waals surface area contributed by atoms with E-state index in [9.17, 15) is 4.39 Å². The van der Waals surface area contributed by atoms with Crippen molar-refractivity contribution in [3.05, 3.63) is 29.6 Å². The third-order valence-electron chi connectivity index (χ3n) is 3.88. The second kappa shape index (κ2) is 8.35. The Balaban J connectivity index is 1.83. The maximum Gasteiger partial charge on any atom is 0.165 e. The van der Waals surface area contributed by atoms with Gasteiger partial charge in [-0.25, -0.2) is 4.39 Å². The highest BCUT2D eigenvalue weighted by Crippen LogP contribution is 2.23. The van der Waals surface area contributed by atoms with Crippen molar-refractivity contribution in [2.24, 2.45) is 0 Å². The summed E-state index contributed by atoms with van der Waals surface area (Å²) in [5.74, 6) is 0.0458.